The second-order valence-corrected chi connectivity index (χ2v) is 5.58. The Bertz CT molecular complexity index is 526. The lowest BCUT2D eigenvalue weighted by Crippen LogP contribution is -2.30. The monoisotopic (exact) mass is 268 g/mol. The smallest absolute Gasteiger partial charge is 0.0432 e. The summed E-state index contributed by atoms with van der Waals surface area (Å²) >= 11 is 0. The Hall–Kier alpha value is -1.80. The second kappa shape index (κ2) is 6.58. The number of benzene rings is 2. The third-order valence-corrected chi connectivity index (χ3v) is 3.60. The number of hydrogen-bond donors (Lipinski definition) is 1. The molecule has 0 aliphatic rings. The first-order valence-corrected chi connectivity index (χ1v) is 7.21. The summed E-state index contributed by atoms with van der Waals surface area (Å²) in [5.41, 5.74) is 10.7. The van der Waals surface area contributed by atoms with Crippen molar-refractivity contribution >= 4 is 5.69 Å². The molecule has 2 rings (SSSR count). The normalized spacial score (nSPS) is 10.8. The Morgan fingerprint density at radius 1 is 0.900 bits per heavy atom. The quantitative estimate of drug-likeness (QED) is 0.892. The maximum Gasteiger partial charge on any atom is 0.0432 e. The molecule has 0 spiro atoms. The van der Waals surface area contributed by atoms with Crippen LogP contribution in [0.2, 0.25) is 0 Å². The zero-order chi connectivity index (χ0) is 14.5. The van der Waals surface area contributed by atoms with Crippen LogP contribution in [0, 0.1) is 6.92 Å². The van der Waals surface area contributed by atoms with E-state index in [0.717, 1.165) is 6.54 Å². The number of nitrogens with zero attached hydrogens (tertiary/aromatic N) is 1. The van der Waals surface area contributed by atoms with Crippen molar-refractivity contribution in [3.63, 3.8) is 0 Å². The zero-order valence-electron chi connectivity index (χ0n) is 12.6. The number of anilines is 1. The van der Waals surface area contributed by atoms with Gasteiger partial charge in [-0.25, -0.2) is 0 Å². The number of hydrogen-bond acceptors (Lipinski definition) is 2. The Morgan fingerprint density at radius 3 is 1.95 bits per heavy atom. The van der Waals surface area contributed by atoms with Crippen molar-refractivity contribution in [3.05, 3.63) is 65.2 Å². The average molecular weight is 268 g/mol. The van der Waals surface area contributed by atoms with Gasteiger partial charge in [-0.3, -0.25) is 0 Å². The van der Waals surface area contributed by atoms with Crippen LogP contribution in [-0.4, -0.2) is 6.04 Å². The van der Waals surface area contributed by atoms with Crippen LogP contribution in [0.4, 0.5) is 5.69 Å². The van der Waals surface area contributed by atoms with Gasteiger partial charge in [0.1, 0.15) is 0 Å². The van der Waals surface area contributed by atoms with Gasteiger partial charge in [-0.15, -0.1) is 0 Å². The minimum absolute atomic E-state index is 0.458. The molecular weight excluding hydrogens is 244 g/mol. The summed E-state index contributed by atoms with van der Waals surface area (Å²) in [5.74, 6) is 0. The van der Waals surface area contributed by atoms with Crippen molar-refractivity contribution in [2.24, 2.45) is 5.73 Å². The van der Waals surface area contributed by atoms with Gasteiger partial charge in [0.05, 0.1) is 0 Å². The lowest BCUT2D eigenvalue weighted by molar-refractivity contribution is 0.682. The minimum Gasteiger partial charge on any atom is -0.365 e. The summed E-state index contributed by atoms with van der Waals surface area (Å²) in [7, 11) is 0. The van der Waals surface area contributed by atoms with Crippen LogP contribution in [-0.2, 0) is 13.1 Å². The van der Waals surface area contributed by atoms with E-state index in [9.17, 15) is 0 Å². The van der Waals surface area contributed by atoms with Gasteiger partial charge >= 0.3 is 0 Å². The van der Waals surface area contributed by atoms with E-state index >= 15 is 0 Å². The van der Waals surface area contributed by atoms with Crippen molar-refractivity contribution in [1.82, 2.24) is 0 Å². The highest BCUT2D eigenvalue weighted by atomic mass is 15.1. The molecule has 0 aliphatic heterocycles. The van der Waals surface area contributed by atoms with Crippen LogP contribution in [0.15, 0.2) is 48.5 Å². The van der Waals surface area contributed by atoms with E-state index in [0.29, 0.717) is 12.6 Å². The summed E-state index contributed by atoms with van der Waals surface area (Å²) < 4.78 is 0. The highest BCUT2D eigenvalue weighted by Gasteiger charge is 2.11. The van der Waals surface area contributed by atoms with E-state index in [-0.39, 0.29) is 0 Å². The van der Waals surface area contributed by atoms with Crippen LogP contribution in [0.1, 0.15) is 30.5 Å². The zero-order valence-corrected chi connectivity index (χ0v) is 12.6. The highest BCUT2D eigenvalue weighted by molar-refractivity contribution is 5.49. The average Bonchev–Trinajstić information content (AvgIpc) is 2.46. The van der Waals surface area contributed by atoms with Crippen molar-refractivity contribution in [2.75, 3.05) is 4.90 Å². The van der Waals surface area contributed by atoms with Crippen LogP contribution < -0.4 is 10.6 Å². The summed E-state index contributed by atoms with van der Waals surface area (Å²) in [6, 6.07) is 17.8. The van der Waals surface area contributed by atoms with Crippen molar-refractivity contribution < 1.29 is 0 Å². The number of aryl methyl sites for hydroxylation is 1. The van der Waals surface area contributed by atoms with Gasteiger partial charge in [0, 0.05) is 24.8 Å². The largest absolute Gasteiger partial charge is 0.365 e. The molecule has 0 atom stereocenters. The molecule has 0 heterocycles. The number of rotatable bonds is 5. The predicted octanol–water partition coefficient (Wildman–Crippen LogP) is 3.87. The Balaban J connectivity index is 2.19. The van der Waals surface area contributed by atoms with Crippen molar-refractivity contribution in [1.29, 1.82) is 0 Å². The summed E-state index contributed by atoms with van der Waals surface area (Å²) in [6.45, 7) is 8.10. The Labute approximate surface area is 122 Å². The molecule has 0 bridgehead atoms. The van der Waals surface area contributed by atoms with Gasteiger partial charge in [-0.2, -0.15) is 0 Å². The molecule has 2 N–H and O–H groups in total. The predicted molar refractivity (Wildman–Crippen MR) is 86.8 cm³/mol. The first-order chi connectivity index (χ1) is 9.60. The van der Waals surface area contributed by atoms with E-state index in [2.05, 4.69) is 74.2 Å². The van der Waals surface area contributed by atoms with Crippen molar-refractivity contribution in [3.8, 4) is 0 Å². The van der Waals surface area contributed by atoms with Crippen LogP contribution in [0.3, 0.4) is 0 Å². The van der Waals surface area contributed by atoms with Gasteiger partial charge in [-0.1, -0.05) is 42.0 Å². The Morgan fingerprint density at radius 2 is 1.45 bits per heavy atom. The van der Waals surface area contributed by atoms with E-state index < -0.39 is 0 Å². The fourth-order valence-electron chi connectivity index (χ4n) is 2.29. The third-order valence-electron chi connectivity index (χ3n) is 3.60. The third kappa shape index (κ3) is 3.61. The van der Waals surface area contributed by atoms with Gasteiger partial charge in [0.25, 0.3) is 0 Å². The molecule has 0 radical (unpaired) electrons. The van der Waals surface area contributed by atoms with Gasteiger partial charge in [-0.05, 0) is 44.0 Å². The number of nitrogens with two attached hydrogens (primary N) is 1. The molecule has 0 amide bonds. The molecule has 0 aliphatic carbocycles. The molecule has 0 unspecified atom stereocenters. The van der Waals surface area contributed by atoms with E-state index in [1.807, 2.05) is 0 Å². The molecule has 0 aromatic heterocycles. The maximum atomic E-state index is 5.66. The fraction of sp³-hybridized carbons (Fsp3) is 0.333. The van der Waals surface area contributed by atoms with E-state index in [4.69, 9.17) is 5.73 Å². The van der Waals surface area contributed by atoms with Crippen LogP contribution >= 0.6 is 0 Å². The van der Waals surface area contributed by atoms with E-state index in [1.165, 1.54) is 22.4 Å². The van der Waals surface area contributed by atoms with Gasteiger partial charge in [0.15, 0.2) is 0 Å². The van der Waals surface area contributed by atoms with Gasteiger partial charge in [0.2, 0.25) is 0 Å². The topological polar surface area (TPSA) is 29.3 Å². The SMILES string of the molecule is Cc1ccc(CN(c2ccc(CN)cc2)C(C)C)cc1. The molecule has 2 aromatic carbocycles. The van der Waals surface area contributed by atoms with Gasteiger partial charge < -0.3 is 10.6 Å². The van der Waals surface area contributed by atoms with Crippen LogP contribution in [0.25, 0.3) is 0 Å². The molecule has 0 fully saturated rings. The van der Waals surface area contributed by atoms with Crippen molar-refractivity contribution in [2.45, 2.75) is 39.9 Å². The molecule has 2 aromatic rings. The minimum atomic E-state index is 0.458. The molecular formula is C18H24N2. The summed E-state index contributed by atoms with van der Waals surface area (Å²) in [6.07, 6.45) is 0. The molecule has 106 valence electrons. The van der Waals surface area contributed by atoms with E-state index in [1.54, 1.807) is 0 Å². The first-order valence-electron chi connectivity index (χ1n) is 7.21. The highest BCUT2D eigenvalue weighted by Crippen LogP contribution is 2.21. The standard InChI is InChI=1S/C18H24N2/c1-14(2)20(13-17-6-4-15(3)5-7-17)18-10-8-16(12-19)9-11-18/h4-11,14H,12-13,19H2,1-3H3. The molecule has 2 nitrogen and oxygen atoms in total. The van der Waals surface area contributed by atoms with Crippen LogP contribution in [0.5, 0.6) is 0 Å². The molecule has 0 saturated carbocycles. The molecule has 0 saturated heterocycles. The summed E-state index contributed by atoms with van der Waals surface area (Å²) in [5, 5.41) is 0. The molecule has 2 heteroatoms. The summed E-state index contributed by atoms with van der Waals surface area (Å²) in [4.78, 5) is 2.41. The Kier molecular flexibility index (Phi) is 4.80. The maximum absolute atomic E-state index is 5.66. The lowest BCUT2D eigenvalue weighted by atomic mass is 10.1. The second-order valence-electron chi connectivity index (χ2n) is 5.58. The first kappa shape index (κ1) is 14.6. The fourth-order valence-corrected chi connectivity index (χ4v) is 2.29. The molecule has 20 heavy (non-hydrogen) atoms. The lowest BCUT2D eigenvalue weighted by Gasteiger charge is -2.29.